The van der Waals surface area contributed by atoms with Gasteiger partial charge in [-0.2, -0.15) is 0 Å². The van der Waals surface area contributed by atoms with Crippen molar-refractivity contribution >= 4 is 49.6 Å². The van der Waals surface area contributed by atoms with Gasteiger partial charge in [-0.25, -0.2) is 4.98 Å². The molecule has 6 aromatic rings. The Morgan fingerprint density at radius 1 is 0.878 bits per heavy atom. The van der Waals surface area contributed by atoms with Crippen LogP contribution in [0.3, 0.4) is 0 Å². The summed E-state index contributed by atoms with van der Waals surface area (Å²) >= 11 is 0. The quantitative estimate of drug-likeness (QED) is 0.215. The number of benzene rings is 3. The van der Waals surface area contributed by atoms with Crippen LogP contribution in [0.1, 0.15) is 64.8 Å². The number of para-hydroxylation sites is 1. The highest BCUT2D eigenvalue weighted by atomic mass is 19.1. The lowest BCUT2D eigenvalue weighted by Crippen LogP contribution is -2.17. The molecule has 3 aromatic heterocycles. The van der Waals surface area contributed by atoms with E-state index in [4.69, 9.17) is 4.98 Å². The van der Waals surface area contributed by atoms with Gasteiger partial charge in [0.2, 0.25) is 0 Å². The van der Waals surface area contributed by atoms with Gasteiger partial charge in [-0.3, -0.25) is 9.18 Å². The van der Waals surface area contributed by atoms with Crippen molar-refractivity contribution in [2.75, 3.05) is 13.7 Å². The molecule has 1 aliphatic carbocycles. The second kappa shape index (κ2) is 9.16. The van der Waals surface area contributed by atoms with Crippen LogP contribution in [0.4, 0.5) is 4.39 Å². The van der Waals surface area contributed by atoms with Crippen LogP contribution in [0.25, 0.3) is 43.7 Å². The number of carbonyl (C=O) groups excluding carboxylic acids is 1. The van der Waals surface area contributed by atoms with Gasteiger partial charge in [0.15, 0.2) is 0 Å². The minimum Gasteiger partial charge on any atom is -0.340 e. The smallest absolute Gasteiger partial charge is 0.254 e. The molecule has 4 heterocycles. The number of carbonyl (C=O) groups is 1. The average molecular weight is 545 g/mol. The number of hydrogen-bond donors (Lipinski definition) is 0. The number of aromatic nitrogens is 3. The predicted octanol–water partition coefficient (Wildman–Crippen LogP) is 7.73. The maximum atomic E-state index is 13.3. The third kappa shape index (κ3) is 3.39. The molecule has 0 fully saturated rings. The first-order chi connectivity index (χ1) is 20.1. The average Bonchev–Trinajstić information content (AvgIpc) is 3.72. The molecule has 1 unspecified atom stereocenters. The van der Waals surface area contributed by atoms with E-state index in [2.05, 4.69) is 64.6 Å². The molecule has 1 amide bonds. The van der Waals surface area contributed by atoms with Crippen LogP contribution in [0.15, 0.2) is 60.7 Å². The second-order valence-electron chi connectivity index (χ2n) is 11.7. The third-order valence-corrected chi connectivity index (χ3v) is 9.44. The Bertz CT molecular complexity index is 2030. The van der Waals surface area contributed by atoms with Crippen LogP contribution < -0.4 is 0 Å². The van der Waals surface area contributed by atoms with Crippen LogP contribution in [0.5, 0.6) is 0 Å². The van der Waals surface area contributed by atoms with E-state index in [9.17, 15) is 9.18 Å². The van der Waals surface area contributed by atoms with E-state index < -0.39 is 0 Å². The highest BCUT2D eigenvalue weighted by Crippen LogP contribution is 2.45. The van der Waals surface area contributed by atoms with E-state index in [1.54, 1.807) is 4.90 Å². The molecule has 3 aromatic carbocycles. The highest BCUT2D eigenvalue weighted by molar-refractivity contribution is 6.13. The molecule has 2 aliphatic rings. The lowest BCUT2D eigenvalue weighted by Gasteiger charge is -2.13. The van der Waals surface area contributed by atoms with Gasteiger partial charge in [0.25, 0.3) is 5.91 Å². The predicted molar refractivity (Wildman–Crippen MR) is 164 cm³/mol. The summed E-state index contributed by atoms with van der Waals surface area (Å²) in [4.78, 5) is 20.0. The molecule has 0 spiro atoms. The normalized spacial score (nSPS) is 16.6. The number of alkyl halides is 1. The van der Waals surface area contributed by atoms with Gasteiger partial charge in [0.05, 0.1) is 23.2 Å². The Kier molecular flexibility index (Phi) is 5.50. The monoisotopic (exact) mass is 544 g/mol. The fourth-order valence-electron chi connectivity index (χ4n) is 7.69. The molecule has 1 atom stereocenters. The maximum absolute atomic E-state index is 13.3. The van der Waals surface area contributed by atoms with Crippen molar-refractivity contribution in [1.82, 2.24) is 19.0 Å². The molecule has 41 heavy (non-hydrogen) atoms. The van der Waals surface area contributed by atoms with E-state index in [1.165, 1.54) is 32.9 Å². The molecule has 0 bridgehead atoms. The summed E-state index contributed by atoms with van der Waals surface area (Å²) < 4.78 is 18.0. The molecule has 5 nitrogen and oxygen atoms in total. The van der Waals surface area contributed by atoms with Crippen LogP contribution in [0.2, 0.25) is 0 Å². The third-order valence-electron chi connectivity index (χ3n) is 9.44. The Morgan fingerprint density at radius 2 is 1.66 bits per heavy atom. The molecule has 0 saturated heterocycles. The lowest BCUT2D eigenvalue weighted by atomic mass is 9.95. The summed E-state index contributed by atoms with van der Waals surface area (Å²) in [6.07, 6.45) is 3.61. The van der Waals surface area contributed by atoms with Crippen molar-refractivity contribution in [1.29, 1.82) is 0 Å². The summed E-state index contributed by atoms with van der Waals surface area (Å²) in [6.45, 7) is 4.06. The van der Waals surface area contributed by atoms with E-state index >= 15 is 0 Å². The molecule has 6 heteroatoms. The van der Waals surface area contributed by atoms with Crippen LogP contribution >= 0.6 is 0 Å². The Hall–Kier alpha value is -4.19. The van der Waals surface area contributed by atoms with Gasteiger partial charge in [-0.15, -0.1) is 0 Å². The summed E-state index contributed by atoms with van der Waals surface area (Å²) in [7, 11) is 1.85. The number of fused-ring (bicyclic) bond motifs is 10. The van der Waals surface area contributed by atoms with Crippen LogP contribution in [0, 0.1) is 0 Å². The zero-order chi connectivity index (χ0) is 27.8. The number of pyridine rings is 1. The van der Waals surface area contributed by atoms with Gasteiger partial charge in [-0.1, -0.05) is 31.2 Å². The number of nitrogens with zero attached hydrogens (tertiary/aromatic N) is 4. The van der Waals surface area contributed by atoms with Crippen molar-refractivity contribution in [2.24, 2.45) is 0 Å². The van der Waals surface area contributed by atoms with E-state index in [0.29, 0.717) is 19.5 Å². The lowest BCUT2D eigenvalue weighted by molar-refractivity contribution is 0.0816. The fraction of sp³-hybridized carbons (Fsp3) is 0.314. The Morgan fingerprint density at radius 3 is 2.51 bits per heavy atom. The molecule has 8 rings (SSSR count). The largest absolute Gasteiger partial charge is 0.340 e. The Labute approximate surface area is 238 Å². The van der Waals surface area contributed by atoms with Crippen molar-refractivity contribution in [2.45, 2.75) is 58.2 Å². The zero-order valence-corrected chi connectivity index (χ0v) is 23.6. The number of hydrogen-bond acceptors (Lipinski definition) is 2. The SMILES string of the molecule is CCCn1c2ccccc2c2c3c(ccc21)C(c1ccc2c(n1)c1c4c(ccc1n2CCCF)C(=O)N(C)C4)CC3. The first-order valence-corrected chi connectivity index (χ1v) is 14.9. The second-order valence-corrected chi connectivity index (χ2v) is 11.7. The van der Waals surface area contributed by atoms with E-state index in [1.807, 2.05) is 19.2 Å². The van der Waals surface area contributed by atoms with Gasteiger partial charge in [-0.05, 0) is 78.8 Å². The fourth-order valence-corrected chi connectivity index (χ4v) is 7.69. The number of halogens is 1. The number of rotatable bonds is 6. The number of amides is 1. The Balaban J connectivity index is 1.32. The van der Waals surface area contributed by atoms with Gasteiger partial charge in [0.1, 0.15) is 0 Å². The molecule has 0 radical (unpaired) electrons. The minimum atomic E-state index is -0.360. The van der Waals surface area contributed by atoms with Gasteiger partial charge < -0.3 is 14.0 Å². The zero-order valence-electron chi connectivity index (χ0n) is 23.6. The highest BCUT2D eigenvalue weighted by Gasteiger charge is 2.31. The number of aryl methyl sites for hydroxylation is 3. The van der Waals surface area contributed by atoms with Crippen molar-refractivity contribution in [3.63, 3.8) is 0 Å². The first-order valence-electron chi connectivity index (χ1n) is 14.9. The van der Waals surface area contributed by atoms with Crippen LogP contribution in [-0.4, -0.2) is 38.6 Å². The van der Waals surface area contributed by atoms with Gasteiger partial charge >= 0.3 is 0 Å². The van der Waals surface area contributed by atoms with Gasteiger partial charge in [0, 0.05) is 71.0 Å². The summed E-state index contributed by atoms with van der Waals surface area (Å²) in [5.41, 5.74) is 11.4. The summed E-state index contributed by atoms with van der Waals surface area (Å²) in [6, 6.07) is 21.8. The van der Waals surface area contributed by atoms with E-state index in [0.717, 1.165) is 64.6 Å². The standard InChI is InChI=1S/C35H33FN4O/c1-3-18-39-28-8-5-4-7-25(28)32-23-10-9-22(21(23)11-14-29(32)39)27-13-16-31-34(37-27)33-26-20-38(2)35(41)24(26)12-15-30(33)40(31)19-6-17-36/h4-5,7-8,11-16,22H,3,6,9-10,17-20H2,1-2H3. The van der Waals surface area contributed by atoms with Crippen molar-refractivity contribution in [3.8, 4) is 0 Å². The summed E-state index contributed by atoms with van der Waals surface area (Å²) in [5.74, 6) is 0.274. The minimum absolute atomic E-state index is 0.0543. The molecule has 1 aliphatic heterocycles. The summed E-state index contributed by atoms with van der Waals surface area (Å²) in [5, 5.41) is 3.79. The van der Waals surface area contributed by atoms with Crippen molar-refractivity contribution < 1.29 is 9.18 Å². The topological polar surface area (TPSA) is 43.1 Å². The molecule has 206 valence electrons. The molecule has 0 saturated carbocycles. The van der Waals surface area contributed by atoms with Crippen molar-refractivity contribution in [3.05, 3.63) is 88.6 Å². The molecule has 0 N–H and O–H groups in total. The van der Waals surface area contributed by atoms with Crippen LogP contribution in [-0.2, 0) is 26.1 Å². The van der Waals surface area contributed by atoms with E-state index in [-0.39, 0.29) is 18.5 Å². The molecular weight excluding hydrogens is 511 g/mol. The maximum Gasteiger partial charge on any atom is 0.254 e. The first kappa shape index (κ1) is 24.6. The molecular formula is C35H33FN4O.